The molecule has 0 amide bonds. The summed E-state index contributed by atoms with van der Waals surface area (Å²) in [6.07, 6.45) is 0. The number of aromatic amines is 2. The molecule has 0 saturated heterocycles. The van der Waals surface area contributed by atoms with Crippen LogP contribution in [0.4, 0.5) is 0 Å². The first-order chi connectivity index (χ1) is 19.9. The first kappa shape index (κ1) is 26.5. The molecule has 10 heteroatoms. The number of halogens is 1. The molecule has 7 rings (SSSR count). The fraction of sp³-hybridized carbons (Fsp3) is 0. The Kier molecular flexibility index (Phi) is 6.56. The molecule has 0 fully saturated rings. The number of benzene rings is 4. The van der Waals surface area contributed by atoms with E-state index in [1.807, 2.05) is 97.1 Å². The van der Waals surface area contributed by atoms with Crippen LogP contribution in [-0.4, -0.2) is 31.6 Å². The highest BCUT2D eigenvalue weighted by Gasteiger charge is 2.12. The van der Waals surface area contributed by atoms with Crippen molar-refractivity contribution in [3.8, 4) is 45.4 Å². The molecule has 0 bridgehead atoms. The molecule has 8 N–H and O–H groups in total. The van der Waals surface area contributed by atoms with Crippen molar-refractivity contribution in [2.75, 3.05) is 0 Å². The third-order valence-electron chi connectivity index (χ3n) is 7.08. The van der Waals surface area contributed by atoms with Crippen LogP contribution in [0.2, 0.25) is 0 Å². The third-order valence-corrected chi connectivity index (χ3v) is 7.08. The van der Waals surface area contributed by atoms with E-state index in [0.29, 0.717) is 11.1 Å². The zero-order valence-corrected chi connectivity index (χ0v) is 22.9. The van der Waals surface area contributed by atoms with E-state index in [1.54, 1.807) is 0 Å². The summed E-state index contributed by atoms with van der Waals surface area (Å²) in [5.74, 6) is 3.07. The van der Waals surface area contributed by atoms with Crippen LogP contribution < -0.4 is 11.5 Å². The molecule has 206 valence electrons. The van der Waals surface area contributed by atoms with Crippen molar-refractivity contribution in [3.63, 3.8) is 0 Å². The van der Waals surface area contributed by atoms with Crippen LogP contribution in [0, 0.1) is 10.8 Å². The molecule has 0 atom stereocenters. The van der Waals surface area contributed by atoms with Crippen molar-refractivity contribution in [1.82, 2.24) is 19.9 Å². The molecular weight excluding hydrogens is 548 g/mol. The second-order valence-corrected chi connectivity index (χ2v) is 9.78. The smallest absolute Gasteiger partial charge is 0.138 e. The second kappa shape index (κ2) is 10.4. The number of imidazole rings is 2. The zero-order chi connectivity index (χ0) is 28.1. The number of fused-ring (bicyclic) bond motifs is 2. The van der Waals surface area contributed by atoms with Gasteiger partial charge in [-0.2, -0.15) is 0 Å². The Labute approximate surface area is 246 Å². The predicted molar refractivity (Wildman–Crippen MR) is 169 cm³/mol. The van der Waals surface area contributed by atoms with Crippen molar-refractivity contribution < 1.29 is 4.42 Å². The summed E-state index contributed by atoms with van der Waals surface area (Å²) in [7, 11) is 0. The minimum absolute atomic E-state index is 0. The van der Waals surface area contributed by atoms with Crippen molar-refractivity contribution in [3.05, 3.63) is 108 Å². The monoisotopic (exact) mass is 572 g/mol. The lowest BCUT2D eigenvalue weighted by Crippen LogP contribution is -2.10. The van der Waals surface area contributed by atoms with Gasteiger partial charge in [-0.15, -0.1) is 12.4 Å². The zero-order valence-electron chi connectivity index (χ0n) is 22.1. The Morgan fingerprint density at radius 2 is 0.929 bits per heavy atom. The number of rotatable bonds is 6. The van der Waals surface area contributed by atoms with E-state index in [9.17, 15) is 0 Å². The fourth-order valence-electron chi connectivity index (χ4n) is 4.85. The highest BCUT2D eigenvalue weighted by atomic mass is 35.5. The summed E-state index contributed by atoms with van der Waals surface area (Å²) in [4.78, 5) is 16.0. The van der Waals surface area contributed by atoms with Gasteiger partial charge < -0.3 is 25.9 Å². The number of nitrogen functional groups attached to an aromatic ring is 2. The molecular formula is C32H25ClN8O. The summed E-state index contributed by atoms with van der Waals surface area (Å²) in [6, 6.07) is 31.0. The molecule has 0 saturated carbocycles. The third kappa shape index (κ3) is 4.78. The van der Waals surface area contributed by atoms with E-state index in [4.69, 9.17) is 26.7 Å². The molecule has 0 aliphatic rings. The van der Waals surface area contributed by atoms with Crippen molar-refractivity contribution in [2.45, 2.75) is 0 Å². The molecule has 0 aliphatic heterocycles. The predicted octanol–water partition coefficient (Wildman–Crippen LogP) is 6.69. The molecule has 3 aromatic heterocycles. The van der Waals surface area contributed by atoms with Gasteiger partial charge in [-0.1, -0.05) is 48.5 Å². The average Bonchev–Trinajstić information content (AvgIpc) is 3.75. The first-order valence-electron chi connectivity index (χ1n) is 12.9. The Hall–Kier alpha value is -5.67. The van der Waals surface area contributed by atoms with Crippen molar-refractivity contribution >= 4 is 46.1 Å². The highest BCUT2D eigenvalue weighted by molar-refractivity contribution is 5.99. The van der Waals surface area contributed by atoms with Crippen LogP contribution in [-0.2, 0) is 0 Å². The minimum Gasteiger partial charge on any atom is -0.456 e. The Morgan fingerprint density at radius 3 is 1.31 bits per heavy atom. The van der Waals surface area contributed by atoms with E-state index >= 15 is 0 Å². The number of nitrogens with zero attached hydrogens (tertiary/aromatic N) is 2. The first-order valence-corrected chi connectivity index (χ1v) is 12.9. The summed E-state index contributed by atoms with van der Waals surface area (Å²) in [5.41, 5.74) is 19.6. The Balaban J connectivity index is 0.00000316. The Morgan fingerprint density at radius 1 is 0.548 bits per heavy atom. The molecule has 0 spiro atoms. The van der Waals surface area contributed by atoms with Gasteiger partial charge >= 0.3 is 0 Å². The van der Waals surface area contributed by atoms with Crippen LogP contribution in [0.5, 0.6) is 0 Å². The SMILES string of the molecule is Cl.N=C(N)c1ccc2[nH]c(-c3ccc(-c4ccc(-c5ccc(-c6nc7cc(C(=N)N)ccc7[nH]6)cc5)o4)cc3)nc2c1. The lowest BCUT2D eigenvalue weighted by molar-refractivity contribution is 0.597. The maximum Gasteiger partial charge on any atom is 0.138 e. The number of hydrogen-bond donors (Lipinski definition) is 6. The van der Waals surface area contributed by atoms with Crippen LogP contribution in [0.25, 0.3) is 67.5 Å². The van der Waals surface area contributed by atoms with Gasteiger partial charge in [0.2, 0.25) is 0 Å². The lowest BCUT2D eigenvalue weighted by atomic mass is 10.1. The molecule has 4 aromatic carbocycles. The lowest BCUT2D eigenvalue weighted by Gasteiger charge is -2.02. The van der Waals surface area contributed by atoms with Gasteiger partial charge in [0, 0.05) is 33.4 Å². The summed E-state index contributed by atoms with van der Waals surface area (Å²) in [5, 5.41) is 15.3. The number of amidine groups is 2. The van der Waals surface area contributed by atoms with E-state index in [0.717, 1.165) is 67.5 Å². The van der Waals surface area contributed by atoms with Crippen molar-refractivity contribution in [2.24, 2.45) is 11.5 Å². The molecule has 3 heterocycles. The summed E-state index contributed by atoms with van der Waals surface area (Å²) in [6.45, 7) is 0. The average molecular weight is 573 g/mol. The van der Waals surface area contributed by atoms with Crippen LogP contribution >= 0.6 is 12.4 Å². The highest BCUT2D eigenvalue weighted by Crippen LogP contribution is 2.31. The van der Waals surface area contributed by atoms with Crippen LogP contribution in [0.3, 0.4) is 0 Å². The second-order valence-electron chi connectivity index (χ2n) is 9.78. The molecule has 0 radical (unpaired) electrons. The number of furan rings is 1. The van der Waals surface area contributed by atoms with Gasteiger partial charge in [-0.05, 0) is 48.5 Å². The molecule has 9 nitrogen and oxygen atoms in total. The van der Waals surface area contributed by atoms with Crippen LogP contribution in [0.15, 0.2) is 101 Å². The van der Waals surface area contributed by atoms with Gasteiger partial charge in [-0.3, -0.25) is 10.8 Å². The maximum atomic E-state index is 7.64. The number of nitrogens with one attached hydrogen (secondary N) is 4. The molecule has 7 aromatic rings. The van der Waals surface area contributed by atoms with Gasteiger partial charge in [0.05, 0.1) is 22.1 Å². The summed E-state index contributed by atoms with van der Waals surface area (Å²) >= 11 is 0. The maximum absolute atomic E-state index is 7.64. The largest absolute Gasteiger partial charge is 0.456 e. The van der Waals surface area contributed by atoms with Gasteiger partial charge in [0.1, 0.15) is 34.8 Å². The van der Waals surface area contributed by atoms with E-state index < -0.39 is 0 Å². The Bertz CT molecular complexity index is 1950. The number of aromatic nitrogens is 4. The van der Waals surface area contributed by atoms with Gasteiger partial charge in [0.25, 0.3) is 0 Å². The van der Waals surface area contributed by atoms with E-state index in [1.165, 1.54) is 0 Å². The molecule has 0 unspecified atom stereocenters. The minimum atomic E-state index is 0. The van der Waals surface area contributed by atoms with Gasteiger partial charge in [0.15, 0.2) is 0 Å². The van der Waals surface area contributed by atoms with Gasteiger partial charge in [-0.25, -0.2) is 9.97 Å². The fourth-order valence-corrected chi connectivity index (χ4v) is 4.85. The van der Waals surface area contributed by atoms with Crippen LogP contribution in [0.1, 0.15) is 11.1 Å². The quantitative estimate of drug-likeness (QED) is 0.0961. The van der Waals surface area contributed by atoms with Crippen molar-refractivity contribution in [1.29, 1.82) is 10.8 Å². The summed E-state index contributed by atoms with van der Waals surface area (Å²) < 4.78 is 6.20. The molecule has 0 aliphatic carbocycles. The normalized spacial score (nSPS) is 11.0. The van der Waals surface area contributed by atoms with E-state index in [-0.39, 0.29) is 24.1 Å². The topological polar surface area (TPSA) is 170 Å². The molecule has 42 heavy (non-hydrogen) atoms. The van der Waals surface area contributed by atoms with E-state index in [2.05, 4.69) is 19.9 Å². The standard InChI is InChI=1S/C32H24N8O.ClH/c33-29(34)21-9-11-23-25(15-21)39-31(37-23)19-5-1-17(2-6-19)27-13-14-28(41-27)18-3-7-20(8-4-18)32-38-24-12-10-22(30(35)36)16-26(24)40-32;/h1-16H,(H3,33,34)(H3,35,36)(H,37,39)(H,38,40);1H. The number of nitrogens with two attached hydrogens (primary N) is 2. The number of hydrogen-bond acceptors (Lipinski definition) is 5. The number of H-pyrrole nitrogens is 2.